The number of hydrogen-bond acceptors (Lipinski definition) is 4. The number of aliphatic hydroxyl groups is 1. The Bertz CT molecular complexity index is 516. The summed E-state index contributed by atoms with van der Waals surface area (Å²) < 4.78 is 6.28. The molecule has 1 aromatic carbocycles. The predicted molar refractivity (Wildman–Crippen MR) is 78.9 cm³/mol. The summed E-state index contributed by atoms with van der Waals surface area (Å²) in [5.41, 5.74) is -0.259. The Morgan fingerprint density at radius 3 is 2.65 bits per heavy atom. The summed E-state index contributed by atoms with van der Waals surface area (Å²) in [4.78, 5) is 10.5. The Balaban J connectivity index is 2.23. The minimum absolute atomic E-state index is 0.0130. The van der Waals surface area contributed by atoms with Gasteiger partial charge in [0.25, 0.3) is 5.69 Å². The molecule has 0 radical (unpaired) electrons. The standard InChI is InChI=1S/C14H18BrNO4/c1-3-14(4-2)11(17)8-12(14)20-10-7-5-6-9(13(10)15)16(18)19/h5-7,11-12,17H,3-4,8H2,1-2H3. The number of aliphatic hydroxyl groups excluding tert-OH is 1. The van der Waals surface area contributed by atoms with Crippen LogP contribution in [0.3, 0.4) is 0 Å². The van der Waals surface area contributed by atoms with E-state index in [0.717, 1.165) is 12.8 Å². The molecule has 1 aromatic rings. The van der Waals surface area contributed by atoms with E-state index in [0.29, 0.717) is 16.6 Å². The quantitative estimate of drug-likeness (QED) is 0.653. The molecule has 0 aromatic heterocycles. The van der Waals surface area contributed by atoms with Crippen molar-refractivity contribution in [2.75, 3.05) is 0 Å². The van der Waals surface area contributed by atoms with Crippen molar-refractivity contribution in [3.63, 3.8) is 0 Å². The highest BCUT2D eigenvalue weighted by atomic mass is 79.9. The first-order valence-electron chi connectivity index (χ1n) is 6.73. The largest absolute Gasteiger partial charge is 0.488 e. The molecule has 2 atom stereocenters. The predicted octanol–water partition coefficient (Wildman–Crippen LogP) is 3.68. The first-order chi connectivity index (χ1) is 9.46. The van der Waals surface area contributed by atoms with Crippen LogP contribution in [0.1, 0.15) is 33.1 Å². The van der Waals surface area contributed by atoms with Crippen LogP contribution in [0, 0.1) is 15.5 Å². The normalized spacial score (nSPS) is 24.0. The highest BCUT2D eigenvalue weighted by molar-refractivity contribution is 9.10. The molecule has 0 saturated heterocycles. The highest BCUT2D eigenvalue weighted by Crippen LogP contribution is 2.50. The van der Waals surface area contributed by atoms with Crippen molar-refractivity contribution in [1.29, 1.82) is 0 Å². The average Bonchev–Trinajstić information content (AvgIpc) is 2.41. The van der Waals surface area contributed by atoms with Crippen LogP contribution in [0.25, 0.3) is 0 Å². The molecule has 0 aliphatic heterocycles. The molecule has 0 spiro atoms. The zero-order valence-corrected chi connectivity index (χ0v) is 13.1. The summed E-state index contributed by atoms with van der Waals surface area (Å²) >= 11 is 3.23. The van der Waals surface area contributed by atoms with Gasteiger partial charge in [-0.15, -0.1) is 0 Å². The summed E-state index contributed by atoms with van der Waals surface area (Å²) in [7, 11) is 0. The average molecular weight is 344 g/mol. The minimum Gasteiger partial charge on any atom is -0.488 e. The molecule has 0 bridgehead atoms. The van der Waals surface area contributed by atoms with Crippen LogP contribution in [0.2, 0.25) is 0 Å². The summed E-state index contributed by atoms with van der Waals surface area (Å²) in [6.07, 6.45) is 1.74. The SMILES string of the molecule is CCC1(CC)C(O)CC1Oc1cccc([N+](=O)[O-])c1Br. The third-order valence-corrected chi connectivity index (χ3v) is 5.26. The van der Waals surface area contributed by atoms with Crippen molar-refractivity contribution >= 4 is 21.6 Å². The van der Waals surface area contributed by atoms with Gasteiger partial charge >= 0.3 is 0 Å². The van der Waals surface area contributed by atoms with Gasteiger partial charge in [-0.2, -0.15) is 0 Å². The van der Waals surface area contributed by atoms with Crippen LogP contribution < -0.4 is 4.74 Å². The molecule has 5 nitrogen and oxygen atoms in total. The molecule has 6 heteroatoms. The van der Waals surface area contributed by atoms with Gasteiger partial charge in [0.2, 0.25) is 0 Å². The minimum atomic E-state index is -0.445. The van der Waals surface area contributed by atoms with Gasteiger partial charge in [0, 0.05) is 17.9 Å². The smallest absolute Gasteiger partial charge is 0.287 e. The lowest BCUT2D eigenvalue weighted by atomic mass is 9.60. The number of halogens is 1. The van der Waals surface area contributed by atoms with Gasteiger partial charge in [0.05, 0.1) is 11.0 Å². The van der Waals surface area contributed by atoms with Crippen LogP contribution in [-0.4, -0.2) is 22.2 Å². The number of rotatable bonds is 5. The van der Waals surface area contributed by atoms with Gasteiger partial charge in [0.15, 0.2) is 0 Å². The van der Waals surface area contributed by atoms with Gasteiger partial charge in [-0.1, -0.05) is 19.9 Å². The van der Waals surface area contributed by atoms with Gasteiger partial charge in [-0.05, 0) is 34.8 Å². The topological polar surface area (TPSA) is 72.6 Å². The van der Waals surface area contributed by atoms with Gasteiger partial charge in [-0.3, -0.25) is 10.1 Å². The lowest BCUT2D eigenvalue weighted by Crippen LogP contribution is -2.59. The van der Waals surface area contributed by atoms with E-state index < -0.39 is 4.92 Å². The van der Waals surface area contributed by atoms with Crippen molar-refractivity contribution < 1.29 is 14.8 Å². The van der Waals surface area contributed by atoms with E-state index >= 15 is 0 Å². The van der Waals surface area contributed by atoms with E-state index in [1.165, 1.54) is 6.07 Å². The van der Waals surface area contributed by atoms with E-state index in [9.17, 15) is 15.2 Å². The Hall–Kier alpha value is -1.14. The summed E-state index contributed by atoms with van der Waals surface area (Å²) in [6, 6.07) is 4.74. The lowest BCUT2D eigenvalue weighted by Gasteiger charge is -2.52. The fraction of sp³-hybridized carbons (Fsp3) is 0.571. The summed E-state index contributed by atoms with van der Waals surface area (Å²) in [6.45, 7) is 4.06. The van der Waals surface area contributed by atoms with Crippen molar-refractivity contribution in [1.82, 2.24) is 0 Å². The molecule has 1 aliphatic rings. The number of nitrogens with zero attached hydrogens (tertiary/aromatic N) is 1. The Kier molecular flexibility index (Phi) is 4.34. The zero-order valence-electron chi connectivity index (χ0n) is 11.5. The Morgan fingerprint density at radius 2 is 2.15 bits per heavy atom. The molecule has 20 heavy (non-hydrogen) atoms. The van der Waals surface area contributed by atoms with E-state index in [1.54, 1.807) is 12.1 Å². The van der Waals surface area contributed by atoms with Crippen molar-refractivity contribution in [2.24, 2.45) is 5.41 Å². The van der Waals surface area contributed by atoms with Crippen LogP contribution in [-0.2, 0) is 0 Å². The van der Waals surface area contributed by atoms with Crippen LogP contribution >= 0.6 is 15.9 Å². The lowest BCUT2D eigenvalue weighted by molar-refractivity contribution is -0.385. The maximum absolute atomic E-state index is 10.9. The Morgan fingerprint density at radius 1 is 1.50 bits per heavy atom. The first kappa shape index (κ1) is 15.3. The molecular formula is C14H18BrNO4. The van der Waals surface area contributed by atoms with E-state index in [-0.39, 0.29) is 23.3 Å². The van der Waals surface area contributed by atoms with Gasteiger partial charge in [0.1, 0.15) is 16.3 Å². The maximum Gasteiger partial charge on any atom is 0.287 e. The van der Waals surface area contributed by atoms with E-state index in [2.05, 4.69) is 15.9 Å². The van der Waals surface area contributed by atoms with Crippen molar-refractivity contribution in [3.8, 4) is 5.75 Å². The second-order valence-corrected chi connectivity index (χ2v) is 5.94. The summed E-state index contributed by atoms with van der Waals surface area (Å²) in [5.74, 6) is 0.461. The zero-order chi connectivity index (χ0) is 14.9. The van der Waals surface area contributed by atoms with Crippen LogP contribution in [0.5, 0.6) is 5.75 Å². The molecule has 110 valence electrons. The third-order valence-electron chi connectivity index (χ3n) is 4.47. The van der Waals surface area contributed by atoms with Crippen LogP contribution in [0.15, 0.2) is 22.7 Å². The van der Waals surface area contributed by atoms with E-state index in [4.69, 9.17) is 4.74 Å². The Labute approximate surface area is 126 Å². The highest BCUT2D eigenvalue weighted by Gasteiger charge is 2.53. The number of benzene rings is 1. The van der Waals surface area contributed by atoms with Crippen molar-refractivity contribution in [2.45, 2.75) is 45.3 Å². The third kappa shape index (κ3) is 2.31. The molecule has 2 unspecified atom stereocenters. The number of ether oxygens (including phenoxy) is 1. The first-order valence-corrected chi connectivity index (χ1v) is 7.53. The van der Waals surface area contributed by atoms with Crippen LogP contribution in [0.4, 0.5) is 5.69 Å². The van der Waals surface area contributed by atoms with Crippen molar-refractivity contribution in [3.05, 3.63) is 32.8 Å². The molecule has 0 heterocycles. The molecule has 2 rings (SSSR count). The van der Waals surface area contributed by atoms with Gasteiger partial charge in [-0.25, -0.2) is 0 Å². The number of nitro benzene ring substituents is 1. The maximum atomic E-state index is 10.9. The second kappa shape index (κ2) is 5.69. The molecule has 1 aliphatic carbocycles. The second-order valence-electron chi connectivity index (χ2n) is 5.14. The van der Waals surface area contributed by atoms with E-state index in [1.807, 2.05) is 13.8 Å². The molecule has 1 N–H and O–H groups in total. The monoisotopic (exact) mass is 343 g/mol. The van der Waals surface area contributed by atoms with Gasteiger partial charge < -0.3 is 9.84 Å². The number of hydrogen-bond donors (Lipinski definition) is 1. The fourth-order valence-corrected chi connectivity index (χ4v) is 3.46. The summed E-state index contributed by atoms with van der Waals surface area (Å²) in [5, 5.41) is 20.9. The molecule has 0 amide bonds. The molecular weight excluding hydrogens is 326 g/mol. The fourth-order valence-electron chi connectivity index (χ4n) is 2.95. The molecule has 1 saturated carbocycles. The number of nitro groups is 1. The molecule has 1 fully saturated rings.